The van der Waals surface area contributed by atoms with E-state index in [2.05, 4.69) is 17.3 Å². The van der Waals surface area contributed by atoms with Crippen molar-refractivity contribution >= 4 is 11.3 Å². The number of aromatic nitrogens is 1. The lowest BCUT2D eigenvalue weighted by atomic mass is 9.99. The molecule has 0 saturated heterocycles. The van der Waals surface area contributed by atoms with Crippen molar-refractivity contribution in [1.82, 2.24) is 4.98 Å². The van der Waals surface area contributed by atoms with Crippen LogP contribution in [0.15, 0.2) is 5.38 Å². The predicted molar refractivity (Wildman–Crippen MR) is 58.0 cm³/mol. The molecule has 0 bridgehead atoms. The van der Waals surface area contributed by atoms with Gasteiger partial charge in [-0.05, 0) is 32.2 Å². The van der Waals surface area contributed by atoms with Crippen LogP contribution in [0.1, 0.15) is 30.5 Å². The van der Waals surface area contributed by atoms with Gasteiger partial charge in [-0.2, -0.15) is 0 Å². The third-order valence-corrected chi connectivity index (χ3v) is 3.02. The molecule has 0 aliphatic heterocycles. The Morgan fingerprint density at radius 1 is 1.62 bits per heavy atom. The average Bonchev–Trinajstić information content (AvgIpc) is 2.50. The van der Waals surface area contributed by atoms with Gasteiger partial charge >= 0.3 is 0 Å². The monoisotopic (exact) mass is 198 g/mol. The summed E-state index contributed by atoms with van der Waals surface area (Å²) in [6, 6.07) is 0. The highest BCUT2D eigenvalue weighted by atomic mass is 32.1. The lowest BCUT2D eigenvalue weighted by Crippen LogP contribution is -2.16. The van der Waals surface area contributed by atoms with Crippen LogP contribution in [0.25, 0.3) is 0 Å². The topological polar surface area (TPSA) is 38.9 Å². The van der Waals surface area contributed by atoms with E-state index in [9.17, 15) is 0 Å². The van der Waals surface area contributed by atoms with Crippen LogP contribution in [0.5, 0.6) is 0 Å². The maximum atomic E-state index is 5.69. The standard InChI is InChI=1S/C10H18N2S/c1-3-4-9(6-11)5-10-7-13-8(2)12-10/h7,9H,3-6,11H2,1-2H3. The molecule has 0 aliphatic carbocycles. The van der Waals surface area contributed by atoms with Crippen LogP contribution in [-0.4, -0.2) is 11.5 Å². The van der Waals surface area contributed by atoms with Crippen LogP contribution in [0.4, 0.5) is 0 Å². The molecule has 1 heterocycles. The van der Waals surface area contributed by atoms with Crippen LogP contribution in [-0.2, 0) is 6.42 Å². The molecule has 1 unspecified atom stereocenters. The molecule has 0 aromatic carbocycles. The second kappa shape index (κ2) is 5.35. The predicted octanol–water partition coefficient (Wildman–Crippen LogP) is 2.37. The Hall–Kier alpha value is -0.410. The van der Waals surface area contributed by atoms with Crippen molar-refractivity contribution < 1.29 is 0 Å². The Balaban J connectivity index is 2.46. The lowest BCUT2D eigenvalue weighted by Gasteiger charge is -2.10. The minimum absolute atomic E-state index is 0.617. The van der Waals surface area contributed by atoms with Gasteiger partial charge in [0.05, 0.1) is 10.7 Å². The Labute approximate surface area is 84.2 Å². The summed E-state index contributed by atoms with van der Waals surface area (Å²) in [5.41, 5.74) is 6.90. The van der Waals surface area contributed by atoms with Gasteiger partial charge in [-0.15, -0.1) is 11.3 Å². The highest BCUT2D eigenvalue weighted by Gasteiger charge is 2.08. The minimum atomic E-state index is 0.617. The Morgan fingerprint density at radius 2 is 2.38 bits per heavy atom. The van der Waals surface area contributed by atoms with E-state index in [1.54, 1.807) is 11.3 Å². The van der Waals surface area contributed by atoms with Crippen molar-refractivity contribution in [2.45, 2.75) is 33.1 Å². The Morgan fingerprint density at radius 3 is 2.85 bits per heavy atom. The normalized spacial score (nSPS) is 13.2. The van der Waals surface area contributed by atoms with Crippen molar-refractivity contribution in [3.05, 3.63) is 16.1 Å². The summed E-state index contributed by atoms with van der Waals surface area (Å²) in [6.45, 7) is 5.03. The van der Waals surface area contributed by atoms with Gasteiger partial charge in [-0.1, -0.05) is 13.3 Å². The minimum Gasteiger partial charge on any atom is -0.330 e. The fraction of sp³-hybridized carbons (Fsp3) is 0.700. The van der Waals surface area contributed by atoms with Crippen molar-refractivity contribution in [2.24, 2.45) is 11.7 Å². The van der Waals surface area contributed by atoms with Crippen molar-refractivity contribution in [3.8, 4) is 0 Å². The van der Waals surface area contributed by atoms with Crippen LogP contribution in [0.3, 0.4) is 0 Å². The zero-order chi connectivity index (χ0) is 9.68. The summed E-state index contributed by atoms with van der Waals surface area (Å²) >= 11 is 1.72. The van der Waals surface area contributed by atoms with Gasteiger partial charge < -0.3 is 5.73 Å². The van der Waals surface area contributed by atoms with E-state index in [0.29, 0.717) is 5.92 Å². The molecule has 0 radical (unpaired) electrons. The molecule has 1 rings (SSSR count). The van der Waals surface area contributed by atoms with E-state index >= 15 is 0 Å². The maximum absolute atomic E-state index is 5.69. The summed E-state index contributed by atoms with van der Waals surface area (Å²) in [4.78, 5) is 4.44. The van der Waals surface area contributed by atoms with Gasteiger partial charge in [-0.25, -0.2) is 4.98 Å². The van der Waals surface area contributed by atoms with Crippen molar-refractivity contribution in [3.63, 3.8) is 0 Å². The summed E-state index contributed by atoms with van der Waals surface area (Å²) in [5.74, 6) is 0.617. The molecule has 0 aliphatic rings. The van der Waals surface area contributed by atoms with Gasteiger partial charge in [0, 0.05) is 5.38 Å². The zero-order valence-electron chi connectivity index (χ0n) is 8.42. The summed E-state index contributed by atoms with van der Waals surface area (Å²) in [6.07, 6.45) is 3.48. The summed E-state index contributed by atoms with van der Waals surface area (Å²) in [7, 11) is 0. The summed E-state index contributed by atoms with van der Waals surface area (Å²) in [5, 5.41) is 3.30. The molecule has 1 aromatic rings. The van der Waals surface area contributed by atoms with E-state index in [1.165, 1.54) is 18.5 Å². The van der Waals surface area contributed by atoms with Gasteiger partial charge in [0.25, 0.3) is 0 Å². The second-order valence-corrected chi connectivity index (χ2v) is 4.51. The van der Waals surface area contributed by atoms with Crippen molar-refractivity contribution in [1.29, 1.82) is 0 Å². The fourth-order valence-corrected chi connectivity index (χ4v) is 2.13. The largest absolute Gasteiger partial charge is 0.330 e. The molecule has 2 N–H and O–H groups in total. The van der Waals surface area contributed by atoms with Gasteiger partial charge in [0.15, 0.2) is 0 Å². The van der Waals surface area contributed by atoms with Crippen LogP contribution in [0, 0.1) is 12.8 Å². The van der Waals surface area contributed by atoms with Gasteiger partial charge in [0.1, 0.15) is 0 Å². The molecule has 0 saturated carbocycles. The molecule has 2 nitrogen and oxygen atoms in total. The molecular weight excluding hydrogens is 180 g/mol. The molecule has 1 atom stereocenters. The Kier molecular flexibility index (Phi) is 4.39. The molecule has 0 spiro atoms. The number of hydrogen-bond donors (Lipinski definition) is 1. The summed E-state index contributed by atoms with van der Waals surface area (Å²) < 4.78 is 0. The van der Waals surface area contributed by atoms with E-state index in [0.717, 1.165) is 18.0 Å². The second-order valence-electron chi connectivity index (χ2n) is 3.45. The van der Waals surface area contributed by atoms with Crippen LogP contribution < -0.4 is 5.73 Å². The van der Waals surface area contributed by atoms with E-state index < -0.39 is 0 Å². The smallest absolute Gasteiger partial charge is 0.0897 e. The maximum Gasteiger partial charge on any atom is 0.0897 e. The number of rotatable bonds is 5. The average molecular weight is 198 g/mol. The third-order valence-electron chi connectivity index (χ3n) is 2.19. The fourth-order valence-electron chi connectivity index (χ4n) is 1.51. The number of nitrogens with zero attached hydrogens (tertiary/aromatic N) is 1. The SMILES string of the molecule is CCCC(CN)Cc1csc(C)n1. The van der Waals surface area contributed by atoms with E-state index in [4.69, 9.17) is 5.73 Å². The first-order chi connectivity index (χ1) is 6.26. The highest BCUT2D eigenvalue weighted by Crippen LogP contribution is 2.15. The van der Waals surface area contributed by atoms with Gasteiger partial charge in [0.2, 0.25) is 0 Å². The lowest BCUT2D eigenvalue weighted by molar-refractivity contribution is 0.483. The highest BCUT2D eigenvalue weighted by molar-refractivity contribution is 7.09. The molecule has 13 heavy (non-hydrogen) atoms. The molecule has 0 amide bonds. The zero-order valence-corrected chi connectivity index (χ0v) is 9.23. The number of nitrogens with two attached hydrogens (primary N) is 1. The van der Waals surface area contributed by atoms with E-state index in [-0.39, 0.29) is 0 Å². The molecular formula is C10H18N2S. The van der Waals surface area contributed by atoms with Crippen LogP contribution in [0.2, 0.25) is 0 Å². The molecule has 0 fully saturated rings. The number of hydrogen-bond acceptors (Lipinski definition) is 3. The Bertz CT molecular complexity index is 245. The van der Waals surface area contributed by atoms with E-state index in [1.807, 2.05) is 6.92 Å². The first-order valence-electron chi connectivity index (χ1n) is 4.87. The quantitative estimate of drug-likeness (QED) is 0.789. The van der Waals surface area contributed by atoms with Crippen LogP contribution >= 0.6 is 11.3 Å². The van der Waals surface area contributed by atoms with Gasteiger partial charge in [-0.3, -0.25) is 0 Å². The first kappa shape index (κ1) is 10.7. The molecule has 74 valence electrons. The number of thiazole rings is 1. The molecule has 3 heteroatoms. The molecule has 1 aromatic heterocycles. The number of aryl methyl sites for hydroxylation is 1. The first-order valence-corrected chi connectivity index (χ1v) is 5.75. The van der Waals surface area contributed by atoms with Crippen molar-refractivity contribution in [2.75, 3.05) is 6.54 Å². The third kappa shape index (κ3) is 3.44.